The van der Waals surface area contributed by atoms with Crippen LogP contribution in [0.3, 0.4) is 0 Å². The van der Waals surface area contributed by atoms with Crippen LogP contribution in [-0.4, -0.2) is 30.0 Å². The molecule has 0 spiro atoms. The quantitative estimate of drug-likeness (QED) is 0.647. The van der Waals surface area contributed by atoms with Gasteiger partial charge in [-0.15, -0.1) is 0 Å². The van der Waals surface area contributed by atoms with Crippen molar-refractivity contribution in [1.29, 1.82) is 0 Å². The molecule has 0 heterocycles. The molecule has 110 valence electrons. The number of carbonyl (C=O) groups is 1. The molecule has 0 unspecified atom stereocenters. The first-order valence-corrected chi connectivity index (χ1v) is 6.71. The first-order valence-electron chi connectivity index (χ1n) is 6.34. The molecule has 6 nitrogen and oxygen atoms in total. The number of likely N-dealkylation sites (N-methyl/N-ethyl adjacent to an activating group) is 1. The van der Waals surface area contributed by atoms with Gasteiger partial charge in [0.2, 0.25) is 5.91 Å². The summed E-state index contributed by atoms with van der Waals surface area (Å²) in [6.45, 7) is 6.06. The van der Waals surface area contributed by atoms with E-state index in [9.17, 15) is 14.9 Å². The third-order valence-corrected chi connectivity index (χ3v) is 2.96. The average Bonchev–Trinajstić information content (AvgIpc) is 2.34. The standard InChI is InChI=1S/C13H18ClN3O3/c1-4-16(8-12(18)15-9(2)3)11-7-5-6-10(14)13(11)17(19)20/h5-7,9H,4,8H2,1-3H3,(H,15,18). The number of halogens is 1. The zero-order valence-corrected chi connectivity index (χ0v) is 12.5. The van der Waals surface area contributed by atoms with Crippen molar-refractivity contribution in [2.75, 3.05) is 18.0 Å². The van der Waals surface area contributed by atoms with Crippen LogP contribution in [0, 0.1) is 10.1 Å². The number of anilines is 1. The van der Waals surface area contributed by atoms with E-state index in [-0.39, 0.29) is 29.2 Å². The van der Waals surface area contributed by atoms with E-state index in [4.69, 9.17) is 11.6 Å². The Kier molecular flexibility index (Phi) is 5.76. The van der Waals surface area contributed by atoms with Crippen molar-refractivity contribution >= 4 is 28.9 Å². The van der Waals surface area contributed by atoms with Gasteiger partial charge < -0.3 is 10.2 Å². The normalized spacial score (nSPS) is 10.4. The van der Waals surface area contributed by atoms with Gasteiger partial charge in [0, 0.05) is 12.6 Å². The van der Waals surface area contributed by atoms with Crippen molar-refractivity contribution in [1.82, 2.24) is 5.32 Å². The van der Waals surface area contributed by atoms with Gasteiger partial charge in [-0.3, -0.25) is 14.9 Å². The highest BCUT2D eigenvalue weighted by molar-refractivity contribution is 6.33. The summed E-state index contributed by atoms with van der Waals surface area (Å²) in [6, 6.07) is 4.71. The molecule has 0 aromatic heterocycles. The van der Waals surface area contributed by atoms with Gasteiger partial charge in [0.15, 0.2) is 0 Å². The maximum atomic E-state index is 11.8. The molecular weight excluding hydrogens is 282 g/mol. The van der Waals surface area contributed by atoms with E-state index in [1.54, 1.807) is 17.0 Å². The highest BCUT2D eigenvalue weighted by atomic mass is 35.5. The molecule has 1 N–H and O–H groups in total. The predicted molar refractivity (Wildman–Crippen MR) is 79.3 cm³/mol. The predicted octanol–water partition coefficient (Wildman–Crippen LogP) is 2.60. The summed E-state index contributed by atoms with van der Waals surface area (Å²) < 4.78 is 0. The zero-order chi connectivity index (χ0) is 15.3. The van der Waals surface area contributed by atoms with Gasteiger partial charge in [-0.1, -0.05) is 17.7 Å². The second-order valence-corrected chi connectivity index (χ2v) is 5.01. The molecule has 0 saturated heterocycles. The largest absolute Gasteiger partial charge is 0.357 e. The Bertz CT molecular complexity index is 506. The Hall–Kier alpha value is -1.82. The minimum atomic E-state index is -0.527. The number of nitro groups is 1. The number of para-hydroxylation sites is 1. The van der Waals surface area contributed by atoms with Gasteiger partial charge in [0.25, 0.3) is 0 Å². The smallest absolute Gasteiger partial charge is 0.310 e. The van der Waals surface area contributed by atoms with E-state index >= 15 is 0 Å². The molecule has 0 fully saturated rings. The molecule has 1 aromatic rings. The van der Waals surface area contributed by atoms with Crippen LogP contribution in [0.5, 0.6) is 0 Å². The summed E-state index contributed by atoms with van der Waals surface area (Å²) in [5.74, 6) is -0.184. The van der Waals surface area contributed by atoms with Crippen LogP contribution >= 0.6 is 11.6 Å². The van der Waals surface area contributed by atoms with Gasteiger partial charge in [0.1, 0.15) is 10.7 Å². The summed E-state index contributed by atoms with van der Waals surface area (Å²) in [7, 11) is 0. The van der Waals surface area contributed by atoms with Crippen LogP contribution in [0.4, 0.5) is 11.4 Å². The molecule has 0 atom stereocenters. The van der Waals surface area contributed by atoms with E-state index in [1.165, 1.54) is 6.07 Å². The molecule has 0 radical (unpaired) electrons. The number of nitro benzene ring substituents is 1. The molecule has 1 aromatic carbocycles. The van der Waals surface area contributed by atoms with Gasteiger partial charge in [0.05, 0.1) is 11.5 Å². The lowest BCUT2D eigenvalue weighted by Crippen LogP contribution is -2.40. The number of benzene rings is 1. The summed E-state index contributed by atoms with van der Waals surface area (Å²) in [5.41, 5.74) is 0.178. The monoisotopic (exact) mass is 299 g/mol. The molecule has 7 heteroatoms. The minimum absolute atomic E-state index is 0.0237. The highest BCUT2D eigenvalue weighted by Crippen LogP contribution is 2.34. The lowest BCUT2D eigenvalue weighted by molar-refractivity contribution is -0.384. The molecule has 20 heavy (non-hydrogen) atoms. The van der Waals surface area contributed by atoms with Crippen LogP contribution in [0.2, 0.25) is 5.02 Å². The van der Waals surface area contributed by atoms with E-state index in [1.807, 2.05) is 20.8 Å². The summed E-state index contributed by atoms with van der Waals surface area (Å²) in [6.07, 6.45) is 0. The summed E-state index contributed by atoms with van der Waals surface area (Å²) in [4.78, 5) is 24.0. The number of carbonyl (C=O) groups excluding carboxylic acids is 1. The van der Waals surface area contributed by atoms with E-state index in [2.05, 4.69) is 5.32 Å². The van der Waals surface area contributed by atoms with Crippen LogP contribution in [-0.2, 0) is 4.79 Å². The fourth-order valence-corrected chi connectivity index (χ4v) is 2.09. The van der Waals surface area contributed by atoms with Crippen molar-refractivity contribution in [3.05, 3.63) is 33.3 Å². The van der Waals surface area contributed by atoms with E-state index in [0.29, 0.717) is 12.2 Å². The van der Waals surface area contributed by atoms with Gasteiger partial charge in [-0.2, -0.15) is 0 Å². The maximum absolute atomic E-state index is 11.8. The molecule has 1 rings (SSSR count). The second-order valence-electron chi connectivity index (χ2n) is 4.60. The first-order chi connectivity index (χ1) is 9.36. The van der Waals surface area contributed by atoms with Crippen LogP contribution in [0.15, 0.2) is 18.2 Å². The number of amides is 1. The van der Waals surface area contributed by atoms with E-state index in [0.717, 1.165) is 0 Å². The van der Waals surface area contributed by atoms with Gasteiger partial charge in [-0.05, 0) is 32.9 Å². The van der Waals surface area contributed by atoms with E-state index < -0.39 is 4.92 Å². The number of rotatable bonds is 6. The molecule has 0 aliphatic heterocycles. The third kappa shape index (κ3) is 4.09. The fraction of sp³-hybridized carbons (Fsp3) is 0.462. The Balaban J connectivity index is 3.04. The lowest BCUT2D eigenvalue weighted by atomic mass is 10.2. The highest BCUT2D eigenvalue weighted by Gasteiger charge is 2.23. The molecule has 0 aliphatic rings. The maximum Gasteiger partial charge on any atom is 0.310 e. The molecule has 1 amide bonds. The first kappa shape index (κ1) is 16.2. The Morgan fingerprint density at radius 2 is 2.15 bits per heavy atom. The number of nitrogens with zero attached hydrogens (tertiary/aromatic N) is 2. The van der Waals surface area contributed by atoms with Gasteiger partial charge >= 0.3 is 5.69 Å². The van der Waals surface area contributed by atoms with Gasteiger partial charge in [-0.25, -0.2) is 0 Å². The number of hydrogen-bond acceptors (Lipinski definition) is 4. The van der Waals surface area contributed by atoms with Crippen molar-refractivity contribution in [3.8, 4) is 0 Å². The Labute approximate surface area is 122 Å². The molecular formula is C13H18ClN3O3. The summed E-state index contributed by atoms with van der Waals surface area (Å²) >= 11 is 5.88. The Morgan fingerprint density at radius 3 is 2.65 bits per heavy atom. The SMILES string of the molecule is CCN(CC(=O)NC(C)C)c1cccc(Cl)c1[N+](=O)[O-]. The van der Waals surface area contributed by atoms with Crippen molar-refractivity contribution in [2.45, 2.75) is 26.8 Å². The van der Waals surface area contributed by atoms with Crippen LogP contribution < -0.4 is 10.2 Å². The second kappa shape index (κ2) is 7.09. The fourth-order valence-electron chi connectivity index (χ4n) is 1.85. The molecule has 0 aliphatic carbocycles. The number of nitrogens with one attached hydrogen (secondary N) is 1. The lowest BCUT2D eigenvalue weighted by Gasteiger charge is -2.23. The minimum Gasteiger partial charge on any atom is -0.357 e. The molecule has 0 bridgehead atoms. The molecule has 0 saturated carbocycles. The number of hydrogen-bond donors (Lipinski definition) is 1. The third-order valence-electron chi connectivity index (χ3n) is 2.65. The average molecular weight is 300 g/mol. The van der Waals surface area contributed by atoms with Crippen molar-refractivity contribution in [2.24, 2.45) is 0 Å². The summed E-state index contributed by atoms with van der Waals surface area (Å²) in [5, 5.41) is 13.9. The van der Waals surface area contributed by atoms with Crippen LogP contribution in [0.25, 0.3) is 0 Å². The zero-order valence-electron chi connectivity index (χ0n) is 11.7. The van der Waals surface area contributed by atoms with Crippen molar-refractivity contribution in [3.63, 3.8) is 0 Å². The Morgan fingerprint density at radius 1 is 1.50 bits per heavy atom. The van der Waals surface area contributed by atoms with Crippen LogP contribution in [0.1, 0.15) is 20.8 Å². The topological polar surface area (TPSA) is 75.5 Å². The van der Waals surface area contributed by atoms with Crippen molar-refractivity contribution < 1.29 is 9.72 Å².